The topological polar surface area (TPSA) is 26.0 Å². The summed E-state index contributed by atoms with van der Waals surface area (Å²) in [6, 6.07) is 9.99. The van der Waals surface area contributed by atoms with Crippen LogP contribution in [0.4, 0.5) is 0 Å². The van der Waals surface area contributed by atoms with Gasteiger partial charge in [0.2, 0.25) is 0 Å². The molecule has 0 bridgehead atoms. The van der Waals surface area contributed by atoms with Crippen molar-refractivity contribution in [1.29, 1.82) is 0 Å². The van der Waals surface area contributed by atoms with E-state index in [-0.39, 0.29) is 20.3 Å². The molecule has 0 aliphatic carbocycles. The van der Waals surface area contributed by atoms with Crippen molar-refractivity contribution in [2.75, 3.05) is 5.83 Å². The average molecular weight is 210 g/mol. The predicted octanol–water partition coefficient (Wildman–Crippen LogP) is -0.727. The van der Waals surface area contributed by atoms with Crippen LogP contribution in [-0.4, -0.2) is 5.83 Å². The number of halogens is 1. The van der Waals surface area contributed by atoms with Crippen molar-refractivity contribution in [3.05, 3.63) is 35.9 Å². The van der Waals surface area contributed by atoms with Crippen LogP contribution in [-0.2, 0) is 6.54 Å². The summed E-state index contributed by atoms with van der Waals surface area (Å²) >= 11 is 2.94. The van der Waals surface area contributed by atoms with Crippen LogP contribution in [0.3, 0.4) is 0 Å². The van der Waals surface area contributed by atoms with E-state index in [1.165, 1.54) is 5.56 Å². The zero-order chi connectivity index (χ0) is 7.82. The largest absolute Gasteiger partial charge is 1.00 e. The monoisotopic (exact) mass is 209 g/mol. The first-order valence-corrected chi connectivity index (χ1v) is 4.64. The van der Waals surface area contributed by atoms with E-state index in [4.69, 9.17) is 5.73 Å². The molecule has 0 aliphatic heterocycles. The Morgan fingerprint density at radius 2 is 1.73 bits per heavy atom. The minimum Gasteiger partial charge on any atom is -1.00 e. The number of nitrogens with two attached hydrogens (primary N) is 1. The molecule has 1 aromatic rings. The van der Waals surface area contributed by atoms with Gasteiger partial charge in [0.15, 0.2) is 0 Å². The molecule has 0 unspecified atom stereocenters. The van der Waals surface area contributed by atoms with Crippen LogP contribution < -0.4 is 24.6 Å². The van der Waals surface area contributed by atoms with Gasteiger partial charge in [-0.25, -0.2) is 0 Å². The van der Waals surface area contributed by atoms with E-state index >= 15 is 0 Å². The van der Waals surface area contributed by atoms with Crippen molar-refractivity contribution in [3.8, 4) is 0 Å². The summed E-state index contributed by atoms with van der Waals surface area (Å²) in [5, 5.41) is 0. The van der Waals surface area contributed by atoms with Gasteiger partial charge in [0.05, 0.1) is 0 Å². The van der Waals surface area contributed by atoms with Gasteiger partial charge in [0.25, 0.3) is 0 Å². The third-order valence-electron chi connectivity index (χ3n) is 1.08. The summed E-state index contributed by atoms with van der Waals surface area (Å²) in [5.41, 5.74) is 6.54. The number of benzene rings is 1. The minimum absolute atomic E-state index is 0. The van der Waals surface area contributed by atoms with E-state index in [0.29, 0.717) is 6.54 Å². The zero-order valence-electron chi connectivity index (χ0n) is 8.05. The Labute approximate surface area is 90.2 Å². The van der Waals surface area contributed by atoms with Crippen LogP contribution >= 0.6 is 15.9 Å². The summed E-state index contributed by atoms with van der Waals surface area (Å²) < 4.78 is 0. The van der Waals surface area contributed by atoms with Crippen LogP contribution in [0, 0.1) is 0 Å². The van der Waals surface area contributed by atoms with E-state index in [0.717, 1.165) is 0 Å². The van der Waals surface area contributed by atoms with Gasteiger partial charge in [-0.3, -0.25) is 0 Å². The Morgan fingerprint density at radius 1 is 1.27 bits per heavy atom. The fourth-order valence-electron chi connectivity index (χ4n) is 0.614. The van der Waals surface area contributed by atoms with Gasteiger partial charge < -0.3 is 7.16 Å². The van der Waals surface area contributed by atoms with Crippen molar-refractivity contribution in [1.82, 2.24) is 0 Å². The summed E-state index contributed by atoms with van der Waals surface area (Å²) in [5.74, 6) is 1.81. The molecular weight excluding hydrogens is 197 g/mol. The van der Waals surface area contributed by atoms with Gasteiger partial charge in [-0.2, -0.15) is 0 Å². The molecular formula is C8H13BrLiN. The van der Waals surface area contributed by atoms with E-state index in [1.54, 1.807) is 0 Å². The standard InChI is InChI=1S/C7H9N.CH3Br.Li.H/c8-6-7-4-2-1-3-5-7;1-2;;/h1-5H,6,8H2;1H3;;/q;;+1;-1. The second kappa shape index (κ2) is 10.3. The molecule has 2 N–H and O–H groups in total. The van der Waals surface area contributed by atoms with Gasteiger partial charge in [0, 0.05) is 6.54 Å². The first-order valence-electron chi connectivity index (χ1n) is 3.05. The maximum atomic E-state index is 5.35. The molecule has 0 fully saturated rings. The smallest absolute Gasteiger partial charge is 1.00 e. The number of alkyl halides is 1. The molecule has 0 atom stereocenters. The van der Waals surface area contributed by atoms with Crippen molar-refractivity contribution >= 4 is 15.9 Å². The van der Waals surface area contributed by atoms with Crippen LogP contribution in [0.5, 0.6) is 0 Å². The molecule has 0 saturated carbocycles. The van der Waals surface area contributed by atoms with Gasteiger partial charge in [-0.1, -0.05) is 46.3 Å². The normalized spacial score (nSPS) is 7.18. The maximum Gasteiger partial charge on any atom is 1.00 e. The third kappa shape index (κ3) is 6.65. The second-order valence-electron chi connectivity index (χ2n) is 1.69. The Morgan fingerprint density at radius 3 is 2.00 bits per heavy atom. The van der Waals surface area contributed by atoms with Crippen LogP contribution in [0.15, 0.2) is 30.3 Å². The third-order valence-corrected chi connectivity index (χ3v) is 1.08. The molecule has 1 nitrogen and oxygen atoms in total. The van der Waals surface area contributed by atoms with Gasteiger partial charge in [0.1, 0.15) is 0 Å². The molecule has 0 spiro atoms. The number of rotatable bonds is 1. The fraction of sp³-hybridized carbons (Fsp3) is 0.250. The average Bonchev–Trinajstić information content (AvgIpc) is 2.10. The van der Waals surface area contributed by atoms with E-state index in [1.807, 2.05) is 36.2 Å². The van der Waals surface area contributed by atoms with Crippen molar-refractivity contribution < 1.29 is 20.3 Å². The SMILES string of the molecule is CBr.NCc1ccccc1.[H-].[Li+]. The van der Waals surface area contributed by atoms with Gasteiger partial charge >= 0.3 is 18.9 Å². The van der Waals surface area contributed by atoms with Gasteiger partial charge in [-0.15, -0.1) is 0 Å². The molecule has 1 aromatic carbocycles. The number of hydrogen-bond donors (Lipinski definition) is 1. The van der Waals surface area contributed by atoms with Crippen molar-refractivity contribution in [2.24, 2.45) is 5.73 Å². The van der Waals surface area contributed by atoms with Crippen LogP contribution in [0.1, 0.15) is 6.99 Å². The molecule has 0 aromatic heterocycles. The van der Waals surface area contributed by atoms with E-state index in [2.05, 4.69) is 15.9 Å². The van der Waals surface area contributed by atoms with Crippen molar-refractivity contribution in [2.45, 2.75) is 6.54 Å². The predicted molar refractivity (Wildman–Crippen MR) is 50.3 cm³/mol. The molecule has 11 heavy (non-hydrogen) atoms. The zero-order valence-corrected chi connectivity index (χ0v) is 8.64. The molecule has 0 heterocycles. The molecule has 58 valence electrons. The molecule has 0 amide bonds. The molecule has 0 aliphatic rings. The Bertz CT molecular complexity index is 160. The molecule has 0 radical (unpaired) electrons. The first kappa shape index (κ1) is 13.8. The molecule has 0 saturated heterocycles. The Hall–Kier alpha value is 0.257. The summed E-state index contributed by atoms with van der Waals surface area (Å²) in [4.78, 5) is 0. The summed E-state index contributed by atoms with van der Waals surface area (Å²) in [6.07, 6.45) is 0. The second-order valence-corrected chi connectivity index (χ2v) is 1.69. The maximum absolute atomic E-state index is 5.35. The number of hydrogen-bond acceptors (Lipinski definition) is 1. The summed E-state index contributed by atoms with van der Waals surface area (Å²) in [7, 11) is 0. The Balaban J connectivity index is -0.000000189. The van der Waals surface area contributed by atoms with Crippen LogP contribution in [0.2, 0.25) is 0 Å². The molecule has 3 heteroatoms. The first-order chi connectivity index (χ1) is 4.93. The van der Waals surface area contributed by atoms with Crippen molar-refractivity contribution in [3.63, 3.8) is 0 Å². The summed E-state index contributed by atoms with van der Waals surface area (Å²) in [6.45, 7) is 0.640. The minimum atomic E-state index is 0. The van der Waals surface area contributed by atoms with E-state index in [9.17, 15) is 0 Å². The molecule has 1 rings (SSSR count). The fourth-order valence-corrected chi connectivity index (χ4v) is 0.614. The van der Waals surface area contributed by atoms with Crippen LogP contribution in [0.25, 0.3) is 0 Å². The Kier molecular flexibility index (Phi) is 12.9. The van der Waals surface area contributed by atoms with E-state index < -0.39 is 0 Å². The van der Waals surface area contributed by atoms with Gasteiger partial charge in [-0.05, 0) is 11.4 Å². The quantitative estimate of drug-likeness (QED) is 0.480.